The Bertz CT molecular complexity index is 770. The van der Waals surface area contributed by atoms with E-state index < -0.39 is 0 Å². The molecule has 0 saturated carbocycles. The Morgan fingerprint density at radius 3 is 2.85 bits per heavy atom. The number of likely N-dealkylation sites (tertiary alicyclic amines) is 2. The van der Waals surface area contributed by atoms with Gasteiger partial charge in [0.2, 0.25) is 5.91 Å². The first-order valence-corrected chi connectivity index (χ1v) is 9.73. The van der Waals surface area contributed by atoms with E-state index in [0.717, 1.165) is 39.0 Å². The average Bonchev–Trinajstić information content (AvgIpc) is 2.68. The largest absolute Gasteiger partial charge is 0.383 e. The van der Waals surface area contributed by atoms with E-state index in [4.69, 9.17) is 4.74 Å². The summed E-state index contributed by atoms with van der Waals surface area (Å²) in [5.74, 6) is 0.902. The molecule has 2 aromatic carbocycles. The molecular weight excluding hydrogens is 324 g/mol. The number of piperidine rings is 2. The predicted octanol–water partition coefficient (Wildman–Crippen LogP) is 3.30. The Morgan fingerprint density at radius 1 is 1.12 bits per heavy atom. The summed E-state index contributed by atoms with van der Waals surface area (Å²) in [4.78, 5) is 17.0. The summed E-state index contributed by atoms with van der Waals surface area (Å²) in [6.45, 7) is 4.51. The Kier molecular flexibility index (Phi) is 5.23. The van der Waals surface area contributed by atoms with E-state index in [1.54, 1.807) is 7.11 Å². The van der Waals surface area contributed by atoms with Crippen LogP contribution in [-0.4, -0.2) is 55.1 Å². The van der Waals surface area contributed by atoms with Gasteiger partial charge < -0.3 is 9.64 Å². The highest BCUT2D eigenvalue weighted by Gasteiger charge is 2.38. The first-order chi connectivity index (χ1) is 12.8. The SMILES string of the molecule is COCCN1C(=O)CC[C@@H]2CN(Cc3cccc4ccccc34)CC[C@@H]21. The molecule has 0 bridgehead atoms. The Morgan fingerprint density at radius 2 is 1.96 bits per heavy atom. The maximum atomic E-state index is 12.3. The second kappa shape index (κ2) is 7.77. The molecule has 4 heteroatoms. The van der Waals surface area contributed by atoms with Gasteiger partial charge in [-0.05, 0) is 35.1 Å². The molecule has 138 valence electrons. The summed E-state index contributed by atoms with van der Waals surface area (Å²) < 4.78 is 5.21. The Labute approximate surface area is 155 Å². The third-order valence-electron chi connectivity index (χ3n) is 6.04. The molecule has 0 unspecified atom stereocenters. The number of rotatable bonds is 5. The van der Waals surface area contributed by atoms with Gasteiger partial charge in [0.25, 0.3) is 0 Å². The predicted molar refractivity (Wildman–Crippen MR) is 104 cm³/mol. The molecule has 0 spiro atoms. The van der Waals surface area contributed by atoms with Crippen molar-refractivity contribution in [2.75, 3.05) is 33.4 Å². The number of methoxy groups -OCH3 is 1. The van der Waals surface area contributed by atoms with Crippen LogP contribution in [0.1, 0.15) is 24.8 Å². The van der Waals surface area contributed by atoms with Gasteiger partial charge in [0.1, 0.15) is 0 Å². The molecule has 1 amide bonds. The number of benzene rings is 2. The molecule has 2 fully saturated rings. The number of nitrogens with zero attached hydrogens (tertiary/aromatic N) is 2. The smallest absolute Gasteiger partial charge is 0.222 e. The van der Waals surface area contributed by atoms with Crippen LogP contribution in [0.5, 0.6) is 0 Å². The van der Waals surface area contributed by atoms with Gasteiger partial charge in [-0.2, -0.15) is 0 Å². The third kappa shape index (κ3) is 3.49. The van der Waals surface area contributed by atoms with Gasteiger partial charge in [0.15, 0.2) is 0 Å². The van der Waals surface area contributed by atoms with Crippen LogP contribution >= 0.6 is 0 Å². The molecule has 0 aliphatic carbocycles. The van der Waals surface area contributed by atoms with Gasteiger partial charge in [-0.1, -0.05) is 42.5 Å². The van der Waals surface area contributed by atoms with Crippen molar-refractivity contribution in [2.45, 2.75) is 31.8 Å². The van der Waals surface area contributed by atoms with Gasteiger partial charge in [-0.15, -0.1) is 0 Å². The normalized spacial score (nSPS) is 24.0. The molecular formula is C22H28N2O2. The van der Waals surface area contributed by atoms with Crippen LogP contribution in [0, 0.1) is 5.92 Å². The van der Waals surface area contributed by atoms with Gasteiger partial charge >= 0.3 is 0 Å². The van der Waals surface area contributed by atoms with Crippen LogP contribution in [0.25, 0.3) is 10.8 Å². The fraction of sp³-hybridized carbons (Fsp3) is 0.500. The zero-order chi connectivity index (χ0) is 17.9. The van der Waals surface area contributed by atoms with Crippen molar-refractivity contribution in [1.82, 2.24) is 9.80 Å². The molecule has 2 saturated heterocycles. The minimum absolute atomic E-state index is 0.311. The van der Waals surface area contributed by atoms with Gasteiger partial charge in [0, 0.05) is 45.8 Å². The first kappa shape index (κ1) is 17.5. The summed E-state index contributed by atoms with van der Waals surface area (Å²) in [6.07, 6.45) is 2.79. The number of hydrogen-bond donors (Lipinski definition) is 0. The number of carbonyl (C=O) groups excluding carboxylic acids is 1. The fourth-order valence-electron chi connectivity index (χ4n) is 4.72. The lowest BCUT2D eigenvalue weighted by molar-refractivity contribution is -0.142. The molecule has 2 aromatic rings. The third-order valence-corrected chi connectivity index (χ3v) is 6.04. The highest BCUT2D eigenvalue weighted by Crippen LogP contribution is 2.32. The van der Waals surface area contributed by atoms with Crippen LogP contribution < -0.4 is 0 Å². The molecule has 2 aliphatic heterocycles. The number of amides is 1. The minimum atomic E-state index is 0.311. The first-order valence-electron chi connectivity index (χ1n) is 9.73. The molecule has 4 rings (SSSR count). The number of carbonyl (C=O) groups is 1. The van der Waals surface area contributed by atoms with Crippen LogP contribution in [0.2, 0.25) is 0 Å². The van der Waals surface area contributed by atoms with E-state index in [9.17, 15) is 4.79 Å². The van der Waals surface area contributed by atoms with Crippen LogP contribution in [0.4, 0.5) is 0 Å². The summed E-state index contributed by atoms with van der Waals surface area (Å²) in [5.41, 5.74) is 1.41. The topological polar surface area (TPSA) is 32.8 Å². The fourth-order valence-corrected chi connectivity index (χ4v) is 4.72. The number of fused-ring (bicyclic) bond motifs is 2. The highest BCUT2D eigenvalue weighted by atomic mass is 16.5. The van der Waals surface area contributed by atoms with Crippen LogP contribution in [0.15, 0.2) is 42.5 Å². The molecule has 26 heavy (non-hydrogen) atoms. The highest BCUT2D eigenvalue weighted by molar-refractivity contribution is 5.85. The lowest BCUT2D eigenvalue weighted by atomic mass is 9.83. The lowest BCUT2D eigenvalue weighted by Gasteiger charge is -2.47. The van der Waals surface area contributed by atoms with Gasteiger partial charge in [0.05, 0.1) is 6.61 Å². The molecule has 0 radical (unpaired) electrons. The van der Waals surface area contributed by atoms with E-state index in [-0.39, 0.29) is 0 Å². The van der Waals surface area contributed by atoms with Crippen molar-refractivity contribution in [1.29, 1.82) is 0 Å². The van der Waals surface area contributed by atoms with E-state index in [1.165, 1.54) is 16.3 Å². The zero-order valence-corrected chi connectivity index (χ0v) is 15.6. The molecule has 4 nitrogen and oxygen atoms in total. The lowest BCUT2D eigenvalue weighted by Crippen LogP contribution is -2.56. The van der Waals surface area contributed by atoms with E-state index >= 15 is 0 Å². The summed E-state index contributed by atoms with van der Waals surface area (Å²) in [7, 11) is 1.71. The Balaban J connectivity index is 1.46. The van der Waals surface area contributed by atoms with E-state index in [0.29, 0.717) is 30.9 Å². The summed E-state index contributed by atoms with van der Waals surface area (Å²) in [5, 5.41) is 2.67. The summed E-state index contributed by atoms with van der Waals surface area (Å²) in [6, 6.07) is 15.6. The maximum Gasteiger partial charge on any atom is 0.222 e. The Hall–Kier alpha value is -1.91. The molecule has 2 aliphatic rings. The van der Waals surface area contributed by atoms with Crippen LogP contribution in [-0.2, 0) is 16.1 Å². The monoisotopic (exact) mass is 352 g/mol. The average molecular weight is 352 g/mol. The van der Waals surface area contributed by atoms with Crippen molar-refractivity contribution >= 4 is 16.7 Å². The van der Waals surface area contributed by atoms with Crippen LogP contribution in [0.3, 0.4) is 0 Å². The van der Waals surface area contributed by atoms with Crippen molar-refractivity contribution in [3.05, 3.63) is 48.0 Å². The number of hydrogen-bond acceptors (Lipinski definition) is 3. The van der Waals surface area contributed by atoms with Gasteiger partial charge in [-0.25, -0.2) is 0 Å². The van der Waals surface area contributed by atoms with Crippen molar-refractivity contribution < 1.29 is 9.53 Å². The van der Waals surface area contributed by atoms with Crippen molar-refractivity contribution in [3.63, 3.8) is 0 Å². The minimum Gasteiger partial charge on any atom is -0.383 e. The number of ether oxygens (including phenoxy) is 1. The van der Waals surface area contributed by atoms with E-state index in [2.05, 4.69) is 52.3 Å². The van der Waals surface area contributed by atoms with Crippen molar-refractivity contribution in [3.8, 4) is 0 Å². The second-order valence-electron chi connectivity index (χ2n) is 7.61. The standard InChI is InChI=1S/C22H28N2O2/c1-26-14-13-24-21-11-12-23(16-19(21)9-10-22(24)25)15-18-7-4-6-17-5-2-3-8-20(17)18/h2-8,19,21H,9-16H2,1H3/t19-,21+/m1/s1. The van der Waals surface area contributed by atoms with Crippen molar-refractivity contribution in [2.24, 2.45) is 5.92 Å². The molecule has 0 aromatic heterocycles. The zero-order valence-electron chi connectivity index (χ0n) is 15.6. The molecule has 2 heterocycles. The van der Waals surface area contributed by atoms with Gasteiger partial charge in [-0.3, -0.25) is 9.69 Å². The van der Waals surface area contributed by atoms with E-state index in [1.807, 2.05) is 0 Å². The molecule has 0 N–H and O–H groups in total. The second-order valence-corrected chi connectivity index (χ2v) is 7.61. The maximum absolute atomic E-state index is 12.3. The summed E-state index contributed by atoms with van der Waals surface area (Å²) >= 11 is 0. The molecule has 2 atom stereocenters. The quantitative estimate of drug-likeness (QED) is 0.828.